The maximum absolute atomic E-state index is 5.38. The summed E-state index contributed by atoms with van der Waals surface area (Å²) in [7, 11) is 3.43. The minimum atomic E-state index is 0.884. The van der Waals surface area contributed by atoms with Gasteiger partial charge in [0, 0.05) is 0 Å². The van der Waals surface area contributed by atoms with E-state index in [9.17, 15) is 0 Å². The van der Waals surface area contributed by atoms with Gasteiger partial charge in [-0.3, -0.25) is 0 Å². The zero-order chi connectivity index (χ0) is 22.5. The van der Waals surface area contributed by atoms with Crippen LogP contribution in [0.1, 0.15) is 16.7 Å². The summed E-state index contributed by atoms with van der Waals surface area (Å²) in [5.41, 5.74) is 9.42. The lowest BCUT2D eigenvalue weighted by molar-refractivity contribution is 0.415. The quantitative estimate of drug-likeness (QED) is 0.271. The van der Waals surface area contributed by atoms with E-state index < -0.39 is 0 Å². The molecule has 0 bridgehead atoms. The zero-order valence-electron chi connectivity index (χ0n) is 19.2. The highest BCUT2D eigenvalue weighted by Gasteiger charge is 2.22. The van der Waals surface area contributed by atoms with Gasteiger partial charge in [0.25, 0.3) is 0 Å². The van der Waals surface area contributed by atoms with Gasteiger partial charge in [-0.15, -0.1) is 0 Å². The van der Waals surface area contributed by atoms with Gasteiger partial charge in [-0.1, -0.05) is 54.6 Å². The average molecular weight is 431 g/mol. The summed E-state index contributed by atoms with van der Waals surface area (Å²) in [5, 5.41) is 5.50. The highest BCUT2D eigenvalue weighted by Crippen LogP contribution is 2.44. The Hall–Kier alpha value is -3.78. The monoisotopic (exact) mass is 430 g/mol. The molecule has 33 heavy (non-hydrogen) atoms. The van der Waals surface area contributed by atoms with E-state index in [4.69, 9.17) is 9.47 Å². The van der Waals surface area contributed by atoms with E-state index in [-0.39, 0.29) is 0 Å². The van der Waals surface area contributed by atoms with Gasteiger partial charge in [-0.2, -0.15) is 0 Å². The van der Waals surface area contributed by atoms with Crippen molar-refractivity contribution in [2.24, 2.45) is 0 Å². The minimum absolute atomic E-state index is 0.884. The van der Waals surface area contributed by atoms with Crippen LogP contribution >= 0.6 is 0 Å². The molecule has 0 amide bonds. The summed E-state index contributed by atoms with van der Waals surface area (Å²) < 4.78 is 10.8. The molecule has 0 radical (unpaired) electrons. The van der Waals surface area contributed by atoms with Crippen molar-refractivity contribution in [3.05, 3.63) is 95.6 Å². The first-order chi connectivity index (χ1) is 16.2. The van der Waals surface area contributed by atoms with E-state index in [1.54, 1.807) is 14.2 Å². The fourth-order valence-electron chi connectivity index (χ4n) is 5.49. The Bertz CT molecular complexity index is 1510. The van der Waals surface area contributed by atoms with Crippen LogP contribution in [0.5, 0.6) is 11.5 Å². The number of benzene rings is 5. The molecule has 0 atom stereocenters. The molecule has 0 saturated heterocycles. The van der Waals surface area contributed by atoms with Gasteiger partial charge in [0.15, 0.2) is 0 Å². The lowest BCUT2D eigenvalue weighted by Gasteiger charge is -2.25. The molecule has 5 aromatic carbocycles. The van der Waals surface area contributed by atoms with E-state index in [2.05, 4.69) is 73.7 Å². The largest absolute Gasteiger partial charge is 0.497 e. The average Bonchev–Trinajstić information content (AvgIpc) is 2.88. The topological polar surface area (TPSA) is 18.5 Å². The number of methoxy groups -OCH3 is 2. The van der Waals surface area contributed by atoms with Gasteiger partial charge >= 0.3 is 0 Å². The second kappa shape index (κ2) is 7.67. The van der Waals surface area contributed by atoms with Crippen LogP contribution < -0.4 is 9.47 Å². The highest BCUT2D eigenvalue weighted by atomic mass is 16.5. The molecule has 0 spiro atoms. The Kier molecular flexibility index (Phi) is 4.62. The summed E-state index contributed by atoms with van der Waals surface area (Å²) in [6.07, 6.45) is 2.14. The van der Waals surface area contributed by atoms with Crippen molar-refractivity contribution in [3.8, 4) is 33.8 Å². The normalized spacial score (nSPS) is 12.5. The third-order valence-electron chi connectivity index (χ3n) is 7.15. The van der Waals surface area contributed by atoms with Crippen LogP contribution in [0.25, 0.3) is 43.8 Å². The SMILES string of the molecule is COc1ccc(-c2ccc3ccc4c(-c5ccc(OC)cc5)cc(C)c5c4c3c2CC5)cc1. The Labute approximate surface area is 194 Å². The molecule has 0 N–H and O–H groups in total. The van der Waals surface area contributed by atoms with Gasteiger partial charge in [-0.25, -0.2) is 0 Å². The van der Waals surface area contributed by atoms with Crippen molar-refractivity contribution in [2.75, 3.05) is 14.2 Å². The van der Waals surface area contributed by atoms with E-state index in [0.717, 1.165) is 24.3 Å². The van der Waals surface area contributed by atoms with Gasteiger partial charge in [-0.05, 0) is 105 Å². The zero-order valence-corrected chi connectivity index (χ0v) is 19.2. The molecule has 1 aliphatic rings. The first kappa shape index (κ1) is 19.9. The molecule has 0 aliphatic heterocycles. The Morgan fingerprint density at radius 3 is 1.79 bits per heavy atom. The van der Waals surface area contributed by atoms with Crippen molar-refractivity contribution >= 4 is 21.5 Å². The minimum Gasteiger partial charge on any atom is -0.497 e. The second-order valence-corrected chi connectivity index (χ2v) is 8.85. The van der Waals surface area contributed by atoms with E-state index in [1.807, 2.05) is 12.1 Å². The predicted octanol–water partition coefficient (Wildman–Crippen LogP) is 7.75. The molecule has 0 heterocycles. The molecular weight excluding hydrogens is 404 g/mol. The number of aryl methyl sites for hydroxylation is 3. The first-order valence-corrected chi connectivity index (χ1v) is 11.5. The van der Waals surface area contributed by atoms with Crippen LogP contribution in [-0.2, 0) is 12.8 Å². The van der Waals surface area contributed by atoms with Gasteiger partial charge in [0.2, 0.25) is 0 Å². The number of ether oxygens (including phenoxy) is 2. The Morgan fingerprint density at radius 2 is 1.15 bits per heavy atom. The summed E-state index contributed by atoms with van der Waals surface area (Å²) >= 11 is 0. The lowest BCUT2D eigenvalue weighted by atomic mass is 9.79. The smallest absolute Gasteiger partial charge is 0.118 e. The molecule has 0 aromatic heterocycles. The molecule has 5 aromatic rings. The van der Waals surface area contributed by atoms with E-state index in [1.165, 1.54) is 60.5 Å². The van der Waals surface area contributed by atoms with Crippen molar-refractivity contribution in [1.29, 1.82) is 0 Å². The molecule has 0 saturated carbocycles. The van der Waals surface area contributed by atoms with Gasteiger partial charge < -0.3 is 9.47 Å². The Balaban J connectivity index is 1.65. The predicted molar refractivity (Wildman–Crippen MR) is 138 cm³/mol. The van der Waals surface area contributed by atoms with E-state index in [0.29, 0.717) is 0 Å². The molecule has 0 unspecified atom stereocenters. The van der Waals surface area contributed by atoms with Gasteiger partial charge in [0.05, 0.1) is 14.2 Å². The lowest BCUT2D eigenvalue weighted by Crippen LogP contribution is -2.06. The fraction of sp³-hybridized carbons (Fsp3) is 0.161. The Morgan fingerprint density at radius 1 is 0.576 bits per heavy atom. The molecule has 1 aliphatic carbocycles. The summed E-state index contributed by atoms with van der Waals surface area (Å²) in [6, 6.07) is 28.4. The summed E-state index contributed by atoms with van der Waals surface area (Å²) in [6.45, 7) is 2.26. The molecular formula is C31H26O2. The molecule has 2 heteroatoms. The fourth-order valence-corrected chi connectivity index (χ4v) is 5.49. The molecule has 162 valence electrons. The maximum atomic E-state index is 5.38. The van der Waals surface area contributed by atoms with Crippen molar-refractivity contribution in [1.82, 2.24) is 0 Å². The van der Waals surface area contributed by atoms with Crippen LogP contribution in [0.15, 0.2) is 78.9 Å². The molecule has 2 nitrogen and oxygen atoms in total. The highest BCUT2D eigenvalue weighted by molar-refractivity contribution is 6.17. The van der Waals surface area contributed by atoms with Crippen LogP contribution in [0, 0.1) is 6.92 Å². The standard InChI is InChI=1S/C31H26O2/c1-19-18-29(21-6-12-24(33-3)13-7-21)28-15-9-22-8-14-26(20-4-10-23(32-2)11-5-20)27-17-16-25(19)31(28)30(22)27/h4-15,18H,16-17H2,1-3H3. The van der Waals surface area contributed by atoms with Gasteiger partial charge in [0.1, 0.15) is 11.5 Å². The van der Waals surface area contributed by atoms with Crippen molar-refractivity contribution < 1.29 is 9.47 Å². The summed E-state index contributed by atoms with van der Waals surface area (Å²) in [4.78, 5) is 0. The number of hydrogen-bond acceptors (Lipinski definition) is 2. The molecule has 0 fully saturated rings. The van der Waals surface area contributed by atoms with Crippen LogP contribution in [0.4, 0.5) is 0 Å². The third-order valence-corrected chi connectivity index (χ3v) is 7.15. The van der Waals surface area contributed by atoms with Crippen LogP contribution in [-0.4, -0.2) is 14.2 Å². The number of rotatable bonds is 4. The molecule has 6 rings (SSSR count). The maximum Gasteiger partial charge on any atom is 0.118 e. The van der Waals surface area contributed by atoms with E-state index >= 15 is 0 Å². The second-order valence-electron chi connectivity index (χ2n) is 8.85. The number of hydrogen-bond donors (Lipinski definition) is 0. The third kappa shape index (κ3) is 3.09. The van der Waals surface area contributed by atoms with Crippen molar-refractivity contribution in [2.45, 2.75) is 19.8 Å². The van der Waals surface area contributed by atoms with Crippen LogP contribution in [0.2, 0.25) is 0 Å². The summed E-state index contributed by atoms with van der Waals surface area (Å²) in [5.74, 6) is 1.77. The van der Waals surface area contributed by atoms with Crippen molar-refractivity contribution in [3.63, 3.8) is 0 Å². The van der Waals surface area contributed by atoms with Crippen LogP contribution in [0.3, 0.4) is 0 Å². The first-order valence-electron chi connectivity index (χ1n) is 11.5.